The van der Waals surface area contributed by atoms with Crippen molar-refractivity contribution in [1.29, 1.82) is 0 Å². The lowest BCUT2D eigenvalue weighted by molar-refractivity contribution is 0.0995. The zero-order chi connectivity index (χ0) is 11.1. The molecule has 0 aliphatic rings. The Morgan fingerprint density at radius 3 is 3.07 bits per heavy atom. The van der Waals surface area contributed by atoms with Gasteiger partial charge in [-0.25, -0.2) is 4.68 Å². The number of hydrogen-bond donors (Lipinski definition) is 2. The predicted molar refractivity (Wildman–Crippen MR) is 53.3 cm³/mol. The predicted octanol–water partition coefficient (Wildman–Crippen LogP) is -1.39. The van der Waals surface area contributed by atoms with Crippen molar-refractivity contribution >= 4 is 5.91 Å². The van der Waals surface area contributed by atoms with Gasteiger partial charge in [-0.1, -0.05) is 5.21 Å². The van der Waals surface area contributed by atoms with Crippen molar-refractivity contribution in [3.05, 3.63) is 11.9 Å². The van der Waals surface area contributed by atoms with Crippen LogP contribution in [0, 0.1) is 0 Å². The summed E-state index contributed by atoms with van der Waals surface area (Å²) < 4.78 is 6.81. The molecule has 0 saturated carbocycles. The number of primary amides is 1. The summed E-state index contributed by atoms with van der Waals surface area (Å²) in [6.45, 7) is 2.55. The highest BCUT2D eigenvalue weighted by Gasteiger charge is 2.05. The van der Waals surface area contributed by atoms with Gasteiger partial charge in [0.1, 0.15) is 0 Å². The molecule has 0 spiro atoms. The minimum absolute atomic E-state index is 0.172. The van der Waals surface area contributed by atoms with Gasteiger partial charge in [0.05, 0.1) is 26.0 Å². The lowest BCUT2D eigenvalue weighted by Crippen LogP contribution is -2.16. The van der Waals surface area contributed by atoms with E-state index in [2.05, 4.69) is 15.6 Å². The summed E-state index contributed by atoms with van der Waals surface area (Å²) in [6, 6.07) is 0. The number of aromatic nitrogens is 3. The average molecular weight is 213 g/mol. The van der Waals surface area contributed by atoms with Crippen molar-refractivity contribution in [2.45, 2.75) is 6.54 Å². The van der Waals surface area contributed by atoms with Crippen LogP contribution in [-0.4, -0.2) is 47.7 Å². The maximum absolute atomic E-state index is 10.7. The fraction of sp³-hybridized carbons (Fsp3) is 0.625. The van der Waals surface area contributed by atoms with Gasteiger partial charge in [0.25, 0.3) is 5.91 Å². The number of nitrogens with one attached hydrogen (secondary N) is 1. The largest absolute Gasteiger partial charge is 0.378 e. The number of carbonyl (C=O) groups is 1. The van der Waals surface area contributed by atoms with Crippen LogP contribution in [0.1, 0.15) is 10.5 Å². The van der Waals surface area contributed by atoms with Gasteiger partial charge in [-0.05, 0) is 7.05 Å². The van der Waals surface area contributed by atoms with Gasteiger partial charge in [0.2, 0.25) is 0 Å². The topological polar surface area (TPSA) is 95.1 Å². The van der Waals surface area contributed by atoms with E-state index in [0.29, 0.717) is 19.8 Å². The molecule has 0 aliphatic carbocycles. The number of nitrogens with zero attached hydrogens (tertiary/aromatic N) is 3. The standard InChI is InChI=1S/C8H15N5O2/c1-10-2-4-15-5-3-13-6-7(8(9)14)11-12-13/h6,10H,2-5H2,1H3,(H2,9,14). The van der Waals surface area contributed by atoms with Crippen LogP contribution < -0.4 is 11.1 Å². The van der Waals surface area contributed by atoms with Crippen molar-refractivity contribution in [1.82, 2.24) is 20.3 Å². The maximum atomic E-state index is 10.7. The number of nitrogens with two attached hydrogens (primary N) is 1. The molecule has 0 aromatic carbocycles. The highest BCUT2D eigenvalue weighted by Crippen LogP contribution is 1.91. The molecule has 0 radical (unpaired) electrons. The molecule has 1 heterocycles. The van der Waals surface area contributed by atoms with Crippen LogP contribution in [0.25, 0.3) is 0 Å². The Hall–Kier alpha value is -1.47. The molecule has 1 aromatic heterocycles. The van der Waals surface area contributed by atoms with E-state index in [1.54, 1.807) is 0 Å². The van der Waals surface area contributed by atoms with Crippen LogP contribution >= 0.6 is 0 Å². The lowest BCUT2D eigenvalue weighted by atomic mass is 10.5. The zero-order valence-corrected chi connectivity index (χ0v) is 8.64. The molecular formula is C8H15N5O2. The molecule has 0 fully saturated rings. The molecule has 3 N–H and O–H groups in total. The van der Waals surface area contributed by atoms with E-state index in [4.69, 9.17) is 10.5 Å². The number of likely N-dealkylation sites (N-methyl/N-ethyl adjacent to an activating group) is 1. The van der Waals surface area contributed by atoms with E-state index in [9.17, 15) is 4.79 Å². The second kappa shape index (κ2) is 6.10. The summed E-state index contributed by atoms with van der Waals surface area (Å²) in [4.78, 5) is 10.7. The van der Waals surface area contributed by atoms with E-state index in [1.165, 1.54) is 10.9 Å². The molecule has 1 amide bonds. The number of ether oxygens (including phenoxy) is 1. The Balaban J connectivity index is 2.23. The molecule has 0 atom stereocenters. The van der Waals surface area contributed by atoms with Crippen LogP contribution in [0.2, 0.25) is 0 Å². The first-order chi connectivity index (χ1) is 7.24. The van der Waals surface area contributed by atoms with Crippen molar-refractivity contribution in [2.24, 2.45) is 5.73 Å². The summed E-state index contributed by atoms with van der Waals surface area (Å²) in [7, 11) is 1.86. The summed E-state index contributed by atoms with van der Waals surface area (Å²) in [5, 5.41) is 10.3. The molecule has 1 aromatic rings. The first-order valence-corrected chi connectivity index (χ1v) is 4.66. The summed E-state index contributed by atoms with van der Waals surface area (Å²) in [5.41, 5.74) is 5.20. The van der Waals surface area contributed by atoms with E-state index in [1.807, 2.05) is 7.05 Å². The molecule has 15 heavy (non-hydrogen) atoms. The van der Waals surface area contributed by atoms with Crippen molar-refractivity contribution in [3.8, 4) is 0 Å². The second-order valence-electron chi connectivity index (χ2n) is 2.95. The summed E-state index contributed by atoms with van der Waals surface area (Å²) >= 11 is 0. The first-order valence-electron chi connectivity index (χ1n) is 4.66. The third-order valence-electron chi connectivity index (χ3n) is 1.75. The smallest absolute Gasteiger partial charge is 0.270 e. The van der Waals surface area contributed by atoms with Gasteiger partial charge < -0.3 is 15.8 Å². The Labute approximate surface area is 87.6 Å². The van der Waals surface area contributed by atoms with Crippen molar-refractivity contribution < 1.29 is 9.53 Å². The maximum Gasteiger partial charge on any atom is 0.270 e. The number of rotatable bonds is 7. The quantitative estimate of drug-likeness (QED) is 0.544. The van der Waals surface area contributed by atoms with Gasteiger partial charge >= 0.3 is 0 Å². The molecule has 7 nitrogen and oxygen atoms in total. The SMILES string of the molecule is CNCCOCCn1cc(C(N)=O)nn1. The van der Waals surface area contributed by atoms with Gasteiger partial charge in [-0.15, -0.1) is 5.10 Å². The van der Waals surface area contributed by atoms with E-state index in [-0.39, 0.29) is 5.69 Å². The second-order valence-corrected chi connectivity index (χ2v) is 2.95. The van der Waals surface area contributed by atoms with Crippen LogP contribution in [0.5, 0.6) is 0 Å². The number of amides is 1. The van der Waals surface area contributed by atoms with Gasteiger partial charge in [0.15, 0.2) is 5.69 Å². The highest BCUT2D eigenvalue weighted by molar-refractivity contribution is 5.90. The molecular weight excluding hydrogens is 198 g/mol. The minimum Gasteiger partial charge on any atom is -0.378 e. The van der Waals surface area contributed by atoms with Gasteiger partial charge in [0, 0.05) is 6.54 Å². The van der Waals surface area contributed by atoms with E-state index in [0.717, 1.165) is 6.54 Å². The Bertz CT molecular complexity index is 312. The molecule has 0 aliphatic heterocycles. The number of hydrogen-bond acceptors (Lipinski definition) is 5. The first kappa shape index (κ1) is 11.6. The molecule has 1 rings (SSSR count). The molecule has 0 unspecified atom stereocenters. The molecule has 0 bridgehead atoms. The minimum atomic E-state index is -0.572. The Morgan fingerprint density at radius 2 is 2.47 bits per heavy atom. The van der Waals surface area contributed by atoms with E-state index >= 15 is 0 Å². The van der Waals surface area contributed by atoms with Crippen molar-refractivity contribution in [2.75, 3.05) is 26.8 Å². The third-order valence-corrected chi connectivity index (χ3v) is 1.75. The third kappa shape index (κ3) is 4.05. The van der Waals surface area contributed by atoms with E-state index < -0.39 is 5.91 Å². The Morgan fingerprint density at radius 1 is 1.67 bits per heavy atom. The summed E-state index contributed by atoms with van der Waals surface area (Å²) in [6.07, 6.45) is 1.50. The fourth-order valence-corrected chi connectivity index (χ4v) is 0.955. The lowest BCUT2D eigenvalue weighted by Gasteiger charge is -2.02. The van der Waals surface area contributed by atoms with Crippen molar-refractivity contribution in [3.63, 3.8) is 0 Å². The number of carbonyl (C=O) groups excluding carboxylic acids is 1. The van der Waals surface area contributed by atoms with Crippen LogP contribution in [0.15, 0.2) is 6.20 Å². The van der Waals surface area contributed by atoms with Gasteiger partial charge in [-0.3, -0.25) is 4.79 Å². The fourth-order valence-electron chi connectivity index (χ4n) is 0.955. The molecule has 7 heteroatoms. The van der Waals surface area contributed by atoms with Crippen LogP contribution in [0.3, 0.4) is 0 Å². The monoisotopic (exact) mass is 213 g/mol. The zero-order valence-electron chi connectivity index (χ0n) is 8.64. The van der Waals surface area contributed by atoms with Crippen LogP contribution in [-0.2, 0) is 11.3 Å². The molecule has 0 saturated heterocycles. The molecule has 84 valence electrons. The average Bonchev–Trinajstić information content (AvgIpc) is 2.66. The van der Waals surface area contributed by atoms with Gasteiger partial charge in [-0.2, -0.15) is 0 Å². The summed E-state index contributed by atoms with van der Waals surface area (Å²) in [5.74, 6) is -0.572. The highest BCUT2D eigenvalue weighted by atomic mass is 16.5. The van der Waals surface area contributed by atoms with Crippen LogP contribution in [0.4, 0.5) is 0 Å². The normalized spacial score (nSPS) is 10.5. The Kier molecular flexibility index (Phi) is 4.72.